The molecule has 0 aliphatic heterocycles. The highest BCUT2D eigenvalue weighted by molar-refractivity contribution is 7.15. The summed E-state index contributed by atoms with van der Waals surface area (Å²) in [5, 5.41) is 14.8. The molecule has 2 aromatic carbocycles. The standard InChI is InChI=1S/C21H19N5S/c1-15(2)20-23-24-21(27-20)22-13-17-14-26(18-11-7-4-8-12-18)25-19(17)16-9-5-3-6-10-16/h3-15H,1-2H3/b22-13+. The van der Waals surface area contributed by atoms with Crippen LogP contribution in [-0.2, 0) is 0 Å². The Bertz CT molecular complexity index is 1050. The van der Waals surface area contributed by atoms with Crippen LogP contribution in [0.1, 0.15) is 30.3 Å². The molecule has 27 heavy (non-hydrogen) atoms. The lowest BCUT2D eigenvalue weighted by atomic mass is 10.1. The van der Waals surface area contributed by atoms with Crippen molar-refractivity contribution in [2.75, 3.05) is 0 Å². The fourth-order valence-electron chi connectivity index (χ4n) is 2.65. The summed E-state index contributed by atoms with van der Waals surface area (Å²) in [5.74, 6) is 0.354. The molecule has 4 rings (SSSR count). The molecule has 0 saturated carbocycles. The molecule has 0 aliphatic rings. The van der Waals surface area contributed by atoms with Crippen LogP contribution in [0.5, 0.6) is 0 Å². The first-order chi connectivity index (χ1) is 13.2. The fourth-order valence-corrected chi connectivity index (χ4v) is 3.34. The number of hydrogen-bond acceptors (Lipinski definition) is 5. The van der Waals surface area contributed by atoms with Crippen molar-refractivity contribution in [1.29, 1.82) is 0 Å². The van der Waals surface area contributed by atoms with Crippen LogP contribution in [0, 0.1) is 0 Å². The Morgan fingerprint density at radius 2 is 1.67 bits per heavy atom. The highest BCUT2D eigenvalue weighted by Crippen LogP contribution is 2.26. The van der Waals surface area contributed by atoms with Gasteiger partial charge in [0.25, 0.3) is 0 Å². The van der Waals surface area contributed by atoms with Gasteiger partial charge < -0.3 is 0 Å². The Balaban J connectivity index is 1.73. The molecule has 6 heteroatoms. The van der Waals surface area contributed by atoms with Gasteiger partial charge in [0, 0.05) is 29.5 Å². The van der Waals surface area contributed by atoms with E-state index in [9.17, 15) is 0 Å². The monoisotopic (exact) mass is 373 g/mol. The van der Waals surface area contributed by atoms with Crippen molar-refractivity contribution in [3.8, 4) is 16.9 Å². The lowest BCUT2D eigenvalue weighted by Gasteiger charge is -2.00. The Kier molecular flexibility index (Phi) is 4.89. The Morgan fingerprint density at radius 1 is 0.963 bits per heavy atom. The van der Waals surface area contributed by atoms with Gasteiger partial charge in [-0.05, 0) is 12.1 Å². The lowest BCUT2D eigenvalue weighted by Crippen LogP contribution is -1.93. The first-order valence-corrected chi connectivity index (χ1v) is 9.60. The van der Waals surface area contributed by atoms with E-state index < -0.39 is 0 Å². The maximum atomic E-state index is 4.79. The number of benzene rings is 2. The topological polar surface area (TPSA) is 56.0 Å². The summed E-state index contributed by atoms with van der Waals surface area (Å²) in [7, 11) is 0. The normalized spacial score (nSPS) is 11.5. The maximum absolute atomic E-state index is 4.79. The minimum atomic E-state index is 0.354. The second-order valence-corrected chi connectivity index (χ2v) is 7.40. The van der Waals surface area contributed by atoms with Crippen molar-refractivity contribution >= 4 is 22.7 Å². The molecular formula is C21H19N5S. The summed E-state index contributed by atoms with van der Waals surface area (Å²) in [5.41, 5.74) is 3.88. The van der Waals surface area contributed by atoms with Crippen LogP contribution >= 0.6 is 11.3 Å². The molecule has 0 radical (unpaired) electrons. The van der Waals surface area contributed by atoms with Gasteiger partial charge in [-0.1, -0.05) is 73.7 Å². The molecule has 0 bridgehead atoms. The first-order valence-electron chi connectivity index (χ1n) is 8.78. The van der Waals surface area contributed by atoms with Crippen molar-refractivity contribution in [3.05, 3.63) is 77.4 Å². The predicted molar refractivity (Wildman–Crippen MR) is 110 cm³/mol. The summed E-state index contributed by atoms with van der Waals surface area (Å²) in [4.78, 5) is 4.54. The summed E-state index contributed by atoms with van der Waals surface area (Å²) in [6.07, 6.45) is 3.81. The van der Waals surface area contributed by atoms with Crippen LogP contribution < -0.4 is 0 Å². The van der Waals surface area contributed by atoms with E-state index in [2.05, 4.69) is 41.2 Å². The molecule has 0 fully saturated rings. The highest BCUT2D eigenvalue weighted by atomic mass is 32.1. The molecule has 0 spiro atoms. The Hall–Kier alpha value is -3.12. The molecule has 0 atom stereocenters. The SMILES string of the molecule is CC(C)c1nnc(/N=C/c2cn(-c3ccccc3)nc2-c2ccccc2)s1. The van der Waals surface area contributed by atoms with Crippen molar-refractivity contribution in [2.24, 2.45) is 4.99 Å². The molecule has 2 heterocycles. The van der Waals surface area contributed by atoms with Gasteiger partial charge in [-0.3, -0.25) is 0 Å². The second kappa shape index (κ2) is 7.63. The molecule has 0 unspecified atom stereocenters. The molecule has 0 amide bonds. The Labute approximate surface area is 162 Å². The van der Waals surface area contributed by atoms with E-state index in [1.54, 1.807) is 0 Å². The zero-order valence-corrected chi connectivity index (χ0v) is 16.0. The van der Waals surface area contributed by atoms with Crippen LogP contribution in [-0.4, -0.2) is 26.2 Å². The summed E-state index contributed by atoms with van der Waals surface area (Å²) in [6.45, 7) is 4.21. The van der Waals surface area contributed by atoms with Crippen molar-refractivity contribution < 1.29 is 0 Å². The fraction of sp³-hybridized carbons (Fsp3) is 0.143. The molecule has 5 nitrogen and oxygen atoms in total. The zero-order chi connectivity index (χ0) is 18.6. The number of rotatable bonds is 5. The van der Waals surface area contributed by atoms with E-state index in [0.717, 1.165) is 27.5 Å². The minimum Gasteiger partial charge on any atom is -0.240 e. The molecule has 0 N–H and O–H groups in total. The number of nitrogens with zero attached hydrogens (tertiary/aromatic N) is 5. The number of aromatic nitrogens is 4. The van der Waals surface area contributed by atoms with E-state index in [-0.39, 0.29) is 0 Å². The van der Waals surface area contributed by atoms with Crippen molar-refractivity contribution in [3.63, 3.8) is 0 Å². The van der Waals surface area contributed by atoms with Gasteiger partial charge in [0.15, 0.2) is 0 Å². The molecule has 2 aromatic heterocycles. The molecule has 134 valence electrons. The molecule has 0 aliphatic carbocycles. The third kappa shape index (κ3) is 3.85. The van der Waals surface area contributed by atoms with Crippen molar-refractivity contribution in [1.82, 2.24) is 20.0 Å². The number of para-hydroxylation sites is 1. The van der Waals surface area contributed by atoms with Gasteiger partial charge in [-0.2, -0.15) is 5.10 Å². The predicted octanol–water partition coefficient (Wildman–Crippen LogP) is 5.26. The quantitative estimate of drug-likeness (QED) is 0.448. The van der Waals surface area contributed by atoms with Gasteiger partial charge in [0.05, 0.1) is 5.69 Å². The van der Waals surface area contributed by atoms with Crippen molar-refractivity contribution in [2.45, 2.75) is 19.8 Å². The van der Waals surface area contributed by atoms with Gasteiger partial charge in [-0.15, -0.1) is 10.2 Å². The van der Waals surface area contributed by atoms with Crippen LogP contribution in [0.4, 0.5) is 5.13 Å². The highest BCUT2D eigenvalue weighted by Gasteiger charge is 2.11. The van der Waals surface area contributed by atoms with Crippen LogP contribution in [0.2, 0.25) is 0 Å². The van der Waals surface area contributed by atoms with Crippen LogP contribution in [0.15, 0.2) is 71.9 Å². The third-order valence-electron chi connectivity index (χ3n) is 4.05. The van der Waals surface area contributed by atoms with E-state index in [0.29, 0.717) is 11.0 Å². The third-order valence-corrected chi connectivity index (χ3v) is 5.18. The summed E-state index contributed by atoms with van der Waals surface area (Å²) < 4.78 is 1.88. The lowest BCUT2D eigenvalue weighted by molar-refractivity contribution is 0.825. The van der Waals surface area contributed by atoms with E-state index in [1.165, 1.54) is 11.3 Å². The number of aliphatic imine (C=N–C) groups is 1. The van der Waals surface area contributed by atoms with E-state index in [1.807, 2.05) is 65.6 Å². The zero-order valence-electron chi connectivity index (χ0n) is 15.1. The molecule has 4 aromatic rings. The van der Waals surface area contributed by atoms with Crippen LogP contribution in [0.25, 0.3) is 16.9 Å². The minimum absolute atomic E-state index is 0.354. The largest absolute Gasteiger partial charge is 0.240 e. The van der Waals surface area contributed by atoms with Gasteiger partial charge in [0.1, 0.15) is 10.7 Å². The smallest absolute Gasteiger partial charge is 0.231 e. The van der Waals surface area contributed by atoms with Gasteiger partial charge in [0.2, 0.25) is 5.13 Å². The average molecular weight is 373 g/mol. The van der Waals surface area contributed by atoms with Gasteiger partial charge in [-0.25, -0.2) is 9.67 Å². The van der Waals surface area contributed by atoms with E-state index >= 15 is 0 Å². The van der Waals surface area contributed by atoms with Gasteiger partial charge >= 0.3 is 0 Å². The van der Waals surface area contributed by atoms with Crippen LogP contribution in [0.3, 0.4) is 0 Å². The summed E-state index contributed by atoms with van der Waals surface area (Å²) in [6, 6.07) is 20.2. The van der Waals surface area contributed by atoms with E-state index in [4.69, 9.17) is 5.10 Å². The molecular weight excluding hydrogens is 354 g/mol. The second-order valence-electron chi connectivity index (χ2n) is 6.41. The first kappa shape index (κ1) is 17.3. The summed E-state index contributed by atoms with van der Waals surface area (Å²) >= 11 is 1.52. The Morgan fingerprint density at radius 3 is 2.33 bits per heavy atom. The maximum Gasteiger partial charge on any atom is 0.231 e. The number of hydrogen-bond donors (Lipinski definition) is 0. The average Bonchev–Trinajstić information content (AvgIpc) is 3.35. The molecule has 0 saturated heterocycles.